The molecule has 0 spiro atoms. The summed E-state index contributed by atoms with van der Waals surface area (Å²) in [7, 11) is 0. The Morgan fingerprint density at radius 2 is 1.91 bits per heavy atom. The fourth-order valence-electron chi connectivity index (χ4n) is 5.14. The predicted molar refractivity (Wildman–Crippen MR) is 128 cm³/mol. The van der Waals surface area contributed by atoms with Crippen molar-refractivity contribution in [3.8, 4) is 0 Å². The molecular formula is C24H33Cl2N3O3. The summed E-state index contributed by atoms with van der Waals surface area (Å²) < 4.78 is 7.78. The van der Waals surface area contributed by atoms with Crippen LogP contribution in [-0.4, -0.2) is 57.1 Å². The zero-order valence-corrected chi connectivity index (χ0v) is 20.3. The normalized spacial score (nSPS) is 26.5. The van der Waals surface area contributed by atoms with Gasteiger partial charge in [0.25, 0.3) is 0 Å². The summed E-state index contributed by atoms with van der Waals surface area (Å²) in [5.41, 5.74) is 3.63. The molecule has 2 atom stereocenters. The number of morpholine rings is 1. The van der Waals surface area contributed by atoms with Crippen LogP contribution >= 0.6 is 24.0 Å². The lowest BCUT2D eigenvalue weighted by atomic mass is 9.82. The van der Waals surface area contributed by atoms with E-state index >= 15 is 0 Å². The molecule has 1 aromatic carbocycles. The highest BCUT2D eigenvalue weighted by molar-refractivity contribution is 6.30. The highest BCUT2D eigenvalue weighted by Gasteiger charge is 2.38. The number of aryl methyl sites for hydroxylation is 2. The second-order valence-electron chi connectivity index (χ2n) is 8.87. The minimum absolute atomic E-state index is 0. The van der Waals surface area contributed by atoms with E-state index in [-0.39, 0.29) is 18.4 Å². The molecule has 4 rings (SSSR count). The van der Waals surface area contributed by atoms with Crippen molar-refractivity contribution >= 4 is 30.0 Å². The van der Waals surface area contributed by atoms with Crippen molar-refractivity contribution in [1.82, 2.24) is 14.7 Å². The number of aliphatic carboxylic acids is 1. The first-order chi connectivity index (χ1) is 14.9. The summed E-state index contributed by atoms with van der Waals surface area (Å²) >= 11 is 6.04. The Labute approximate surface area is 201 Å². The fourth-order valence-corrected chi connectivity index (χ4v) is 5.27. The molecule has 6 nitrogen and oxygen atoms in total. The molecule has 1 aromatic heterocycles. The number of carbonyl (C=O) groups is 1. The maximum Gasteiger partial charge on any atom is 0.334 e. The van der Waals surface area contributed by atoms with Crippen molar-refractivity contribution in [2.45, 2.75) is 76.6 Å². The zero-order valence-electron chi connectivity index (χ0n) is 18.7. The smallest absolute Gasteiger partial charge is 0.334 e. The minimum Gasteiger partial charge on any atom is -0.479 e. The maximum atomic E-state index is 11.6. The standard InChI is InChI=1S/C24H32ClN3O3.ClH/c1-3-28-16(2)12-22(26-28)18-6-10-20(11-7-18)27-14-23(24(29)30)31-15-21(27)13-17-4-8-19(25)9-5-17;/h4-5,8-9,12,18,20-21,23H,3,6-7,10-11,13-15H2,1-2H3,(H,29,30);1H/t18?,20?,21-,23+;/m0./s1. The lowest BCUT2D eigenvalue weighted by molar-refractivity contribution is -0.162. The quantitative estimate of drug-likeness (QED) is 0.646. The number of carboxylic acids is 1. The molecule has 0 radical (unpaired) electrons. The van der Waals surface area contributed by atoms with E-state index in [1.165, 1.54) is 17.0 Å². The minimum atomic E-state index is -0.871. The SMILES string of the molecule is CCn1nc(C2CCC(N3C[C@H](C(=O)O)OC[C@@H]3Cc3ccc(Cl)cc3)CC2)cc1C.Cl. The molecule has 0 bridgehead atoms. The van der Waals surface area contributed by atoms with Gasteiger partial charge in [-0.1, -0.05) is 23.7 Å². The number of benzene rings is 1. The van der Waals surface area contributed by atoms with Crippen molar-refractivity contribution in [3.63, 3.8) is 0 Å². The Morgan fingerprint density at radius 1 is 1.22 bits per heavy atom. The van der Waals surface area contributed by atoms with Gasteiger partial charge in [-0.25, -0.2) is 4.79 Å². The number of hydrogen-bond acceptors (Lipinski definition) is 4. The highest BCUT2D eigenvalue weighted by atomic mass is 35.5. The molecule has 0 amide bonds. The van der Waals surface area contributed by atoms with E-state index in [0.29, 0.717) is 25.1 Å². The highest BCUT2D eigenvalue weighted by Crippen LogP contribution is 2.36. The van der Waals surface area contributed by atoms with Gasteiger partial charge < -0.3 is 9.84 Å². The Kier molecular flexibility index (Phi) is 8.62. The van der Waals surface area contributed by atoms with Gasteiger partial charge in [-0.3, -0.25) is 9.58 Å². The molecule has 32 heavy (non-hydrogen) atoms. The third-order valence-electron chi connectivity index (χ3n) is 6.88. The molecule has 1 saturated carbocycles. The second kappa shape index (κ2) is 11.0. The third-order valence-corrected chi connectivity index (χ3v) is 7.13. The number of nitrogens with zero attached hydrogens (tertiary/aromatic N) is 3. The molecule has 1 saturated heterocycles. The molecular weight excluding hydrogens is 449 g/mol. The van der Waals surface area contributed by atoms with Crippen LogP contribution in [0.2, 0.25) is 5.02 Å². The van der Waals surface area contributed by atoms with E-state index in [0.717, 1.165) is 43.7 Å². The summed E-state index contributed by atoms with van der Waals surface area (Å²) in [5.74, 6) is -0.377. The summed E-state index contributed by atoms with van der Waals surface area (Å²) in [5, 5.41) is 15.1. The number of aromatic nitrogens is 2. The first-order valence-electron chi connectivity index (χ1n) is 11.3. The van der Waals surface area contributed by atoms with E-state index in [1.807, 2.05) is 24.3 Å². The molecule has 8 heteroatoms. The Bertz CT molecular complexity index is 894. The predicted octanol–water partition coefficient (Wildman–Crippen LogP) is 4.71. The van der Waals surface area contributed by atoms with E-state index < -0.39 is 12.1 Å². The van der Waals surface area contributed by atoms with Crippen LogP contribution in [0.3, 0.4) is 0 Å². The van der Waals surface area contributed by atoms with E-state index in [1.54, 1.807) is 0 Å². The first-order valence-corrected chi connectivity index (χ1v) is 11.7. The summed E-state index contributed by atoms with van der Waals surface area (Å²) in [6.07, 6.45) is 4.39. The fraction of sp³-hybridized carbons (Fsp3) is 0.583. The van der Waals surface area contributed by atoms with Crippen LogP contribution in [0.25, 0.3) is 0 Å². The van der Waals surface area contributed by atoms with Gasteiger partial charge in [0, 0.05) is 41.8 Å². The second-order valence-corrected chi connectivity index (χ2v) is 9.31. The van der Waals surface area contributed by atoms with E-state index in [4.69, 9.17) is 21.4 Å². The van der Waals surface area contributed by atoms with Gasteiger partial charge in [0.1, 0.15) is 0 Å². The van der Waals surface area contributed by atoms with Gasteiger partial charge in [0.05, 0.1) is 12.3 Å². The van der Waals surface area contributed by atoms with Crippen molar-refractivity contribution in [3.05, 3.63) is 52.3 Å². The molecule has 1 aliphatic heterocycles. The van der Waals surface area contributed by atoms with Crippen LogP contribution in [-0.2, 0) is 22.5 Å². The van der Waals surface area contributed by atoms with Crippen molar-refractivity contribution in [2.75, 3.05) is 13.2 Å². The van der Waals surface area contributed by atoms with Crippen LogP contribution in [0.5, 0.6) is 0 Å². The first kappa shape index (κ1) is 25.0. The largest absolute Gasteiger partial charge is 0.479 e. The Balaban J connectivity index is 0.00000289. The summed E-state index contributed by atoms with van der Waals surface area (Å²) in [6, 6.07) is 10.7. The Hall–Kier alpha value is -1.60. The van der Waals surface area contributed by atoms with Gasteiger partial charge in [0.15, 0.2) is 6.10 Å². The molecule has 2 aliphatic rings. The maximum absolute atomic E-state index is 11.6. The van der Waals surface area contributed by atoms with Gasteiger partial charge in [0.2, 0.25) is 0 Å². The van der Waals surface area contributed by atoms with Crippen LogP contribution in [0.1, 0.15) is 55.5 Å². The molecule has 1 N–H and O–H groups in total. The molecule has 2 fully saturated rings. The number of carboxylic acid groups (broad SMARTS) is 1. The molecule has 2 aromatic rings. The monoisotopic (exact) mass is 481 g/mol. The Morgan fingerprint density at radius 3 is 2.50 bits per heavy atom. The van der Waals surface area contributed by atoms with E-state index in [2.05, 4.69) is 29.5 Å². The van der Waals surface area contributed by atoms with Crippen LogP contribution < -0.4 is 0 Å². The van der Waals surface area contributed by atoms with Crippen LogP contribution in [0.15, 0.2) is 30.3 Å². The number of halogens is 2. The summed E-state index contributed by atoms with van der Waals surface area (Å²) in [6.45, 7) is 6.04. The molecule has 176 valence electrons. The average Bonchev–Trinajstić information content (AvgIpc) is 3.16. The van der Waals surface area contributed by atoms with Crippen LogP contribution in [0.4, 0.5) is 0 Å². The zero-order chi connectivity index (χ0) is 22.0. The summed E-state index contributed by atoms with van der Waals surface area (Å²) in [4.78, 5) is 14.0. The van der Waals surface area contributed by atoms with Crippen molar-refractivity contribution in [2.24, 2.45) is 0 Å². The van der Waals surface area contributed by atoms with Crippen molar-refractivity contribution < 1.29 is 14.6 Å². The van der Waals surface area contributed by atoms with E-state index in [9.17, 15) is 9.90 Å². The molecule has 1 aliphatic carbocycles. The number of ether oxygens (including phenoxy) is 1. The van der Waals surface area contributed by atoms with Crippen molar-refractivity contribution in [1.29, 1.82) is 0 Å². The lowest BCUT2D eigenvalue weighted by Gasteiger charge is -2.45. The third kappa shape index (κ3) is 5.66. The van der Waals surface area contributed by atoms with Gasteiger partial charge >= 0.3 is 5.97 Å². The van der Waals surface area contributed by atoms with Gasteiger partial charge in [-0.05, 0) is 69.7 Å². The number of rotatable bonds is 6. The van der Waals surface area contributed by atoms with Gasteiger partial charge in [-0.15, -0.1) is 12.4 Å². The topological polar surface area (TPSA) is 67.6 Å². The average molecular weight is 482 g/mol. The number of hydrogen-bond donors (Lipinski definition) is 1. The molecule has 2 heterocycles. The van der Waals surface area contributed by atoms with Crippen LogP contribution in [0, 0.1) is 6.92 Å². The van der Waals surface area contributed by atoms with Gasteiger partial charge in [-0.2, -0.15) is 5.10 Å². The molecule has 0 unspecified atom stereocenters. The lowest BCUT2D eigenvalue weighted by Crippen LogP contribution is -2.57.